The molecule has 13 rings (SSSR count). The maximum absolute atomic E-state index is 9.61. The van der Waals surface area contributed by atoms with Crippen LogP contribution in [-0.4, -0.2) is 14.1 Å². The van der Waals surface area contributed by atoms with Gasteiger partial charge in [-0.2, -0.15) is 12.1 Å². The third-order valence-electron chi connectivity index (χ3n) is 15.2. The van der Waals surface area contributed by atoms with Gasteiger partial charge < -0.3 is 18.8 Å². The predicted octanol–water partition coefficient (Wildman–Crippen LogP) is 19.7. The molecule has 0 bridgehead atoms. The van der Waals surface area contributed by atoms with E-state index >= 15 is 0 Å². The van der Waals surface area contributed by atoms with Crippen LogP contribution in [0, 0.1) is 24.2 Å². The van der Waals surface area contributed by atoms with Gasteiger partial charge in [0.15, 0.2) is 0 Å². The molecule has 1 aliphatic rings. The molecule has 4 heterocycles. The molecule has 0 N–H and O–H groups in total. The average molecular weight is 1210 g/mol. The summed E-state index contributed by atoms with van der Waals surface area (Å²) in [6.45, 7) is 21.5. The van der Waals surface area contributed by atoms with Gasteiger partial charge in [0.2, 0.25) is 0 Å². The Kier molecular flexibility index (Phi) is 12.2. The van der Waals surface area contributed by atoms with Crippen molar-refractivity contribution in [1.29, 1.82) is 0 Å². The molecule has 12 aromatic rings. The first-order chi connectivity index (χ1) is 38.3. The number of anilines is 2. The Morgan fingerprint density at radius 3 is 1.82 bits per heavy atom. The zero-order valence-electron chi connectivity index (χ0n) is 48.1. The smallest absolute Gasteiger partial charge is 0.135 e. The number of hydrogen-bond acceptors (Lipinski definition) is 3. The quantitative estimate of drug-likeness (QED) is 0.149. The standard InChI is InChI=1S/C73H63N4O.Pt/c1-71(2,3)45-47-39-49(41-51(40-47)73(7,8)9)56-30-18-31-61-59-27-15-13-25-57(59)58-26-14-16-28-60(58)62-32-20-34-65-70(62)76(69(56)61)46-75(65)52-23-17-24-53(43-52)78-54-35-36-63-66(44-54)77(67-42-50(37-38-74-67)72(4,5)6)64-33-19-29-55(68(63)64)48-21-11-10-12-22-48;/h10-42,46H,45H2,1-9H3;/q-3;/i45D2;. The van der Waals surface area contributed by atoms with Gasteiger partial charge in [-0.05, 0) is 141 Å². The van der Waals surface area contributed by atoms with Gasteiger partial charge in [-0.25, -0.2) is 4.98 Å². The summed E-state index contributed by atoms with van der Waals surface area (Å²) in [5, 5.41) is 8.86. The van der Waals surface area contributed by atoms with Crippen LogP contribution in [0.5, 0.6) is 11.5 Å². The summed E-state index contributed by atoms with van der Waals surface area (Å²) in [6, 6.07) is 76.1. The van der Waals surface area contributed by atoms with E-state index in [0.29, 0.717) is 17.1 Å². The van der Waals surface area contributed by atoms with Crippen LogP contribution in [0.2, 0.25) is 0 Å². The molecule has 0 amide bonds. The van der Waals surface area contributed by atoms with E-state index in [9.17, 15) is 2.74 Å². The SMILES string of the molecule is [2H]C([2H])(c1cc(-c2cccc3c4ccccc4c4ccccc4c4cccc5c4n(c23)[CH-]N5c2[c-]c(Oc3[c-]c4c(cc3)c3c(-c5ccccc5)cccc3n4-c3cc(C(C)(C)C)ccn3)ccc2)cc(C(C)(C)C)c1)C(C)(C)C.[Pt]. The van der Waals surface area contributed by atoms with E-state index in [1.807, 2.05) is 45.2 Å². The molecule has 0 fully saturated rings. The van der Waals surface area contributed by atoms with Crippen molar-refractivity contribution in [2.75, 3.05) is 4.90 Å². The Bertz CT molecular complexity index is 4530. The number of rotatable bonds is 7. The largest absolute Gasteiger partial charge is 0.509 e. The number of aromatic nitrogens is 3. The third-order valence-corrected chi connectivity index (χ3v) is 15.2. The molecule has 0 unspecified atom stereocenters. The molecule has 0 radical (unpaired) electrons. The second-order valence-electron chi connectivity index (χ2n) is 23.9. The summed E-state index contributed by atoms with van der Waals surface area (Å²) >= 11 is 0. The number of pyridine rings is 1. The van der Waals surface area contributed by atoms with Gasteiger partial charge in [0.1, 0.15) is 5.82 Å². The van der Waals surface area contributed by atoms with Crippen LogP contribution in [0.3, 0.4) is 0 Å². The second kappa shape index (κ2) is 19.7. The van der Waals surface area contributed by atoms with E-state index < -0.39 is 11.8 Å². The third kappa shape index (κ3) is 9.32. The van der Waals surface area contributed by atoms with Crippen LogP contribution in [-0.2, 0) is 38.3 Å². The van der Waals surface area contributed by atoms with Gasteiger partial charge >= 0.3 is 0 Å². The van der Waals surface area contributed by atoms with Crippen molar-refractivity contribution < 1.29 is 28.5 Å². The number of ether oxygens (including phenoxy) is 1. The number of fused-ring (bicyclic) bond motifs is 10. The fraction of sp³-hybridized carbons (Fsp3) is 0.178. The number of hydrogen-bond donors (Lipinski definition) is 0. The molecule has 0 atom stereocenters. The van der Waals surface area contributed by atoms with Gasteiger partial charge in [-0.3, -0.25) is 0 Å². The number of nitrogens with zero attached hydrogens (tertiary/aromatic N) is 4. The average Bonchev–Trinajstić information content (AvgIpc) is 4.19. The topological polar surface area (TPSA) is 35.2 Å². The predicted molar refractivity (Wildman–Crippen MR) is 328 cm³/mol. The van der Waals surface area contributed by atoms with Gasteiger partial charge in [0, 0.05) is 52.7 Å². The zero-order valence-corrected chi connectivity index (χ0v) is 48.4. The summed E-state index contributed by atoms with van der Waals surface area (Å²) in [5.41, 5.74) is 11.9. The number of para-hydroxylation sites is 2. The summed E-state index contributed by atoms with van der Waals surface area (Å²) in [7, 11) is 0. The van der Waals surface area contributed by atoms with Crippen LogP contribution in [0.25, 0.3) is 93.2 Å². The van der Waals surface area contributed by atoms with E-state index in [0.717, 1.165) is 110 Å². The van der Waals surface area contributed by atoms with Crippen LogP contribution < -0.4 is 9.64 Å². The summed E-state index contributed by atoms with van der Waals surface area (Å²) in [6.07, 6.45) is 0.284. The van der Waals surface area contributed by atoms with Crippen molar-refractivity contribution in [3.63, 3.8) is 0 Å². The molecular formula is C73H63N4OPt-3. The van der Waals surface area contributed by atoms with Crippen LogP contribution in [0.15, 0.2) is 200 Å². The fourth-order valence-corrected chi connectivity index (χ4v) is 11.6. The second-order valence-corrected chi connectivity index (χ2v) is 23.9. The van der Waals surface area contributed by atoms with Crippen LogP contribution >= 0.6 is 0 Å². The van der Waals surface area contributed by atoms with E-state index in [1.54, 1.807) is 0 Å². The Morgan fingerprint density at radius 2 is 1.13 bits per heavy atom. The molecule has 394 valence electrons. The van der Waals surface area contributed by atoms with Crippen molar-refractivity contribution >= 4 is 76.5 Å². The minimum absolute atomic E-state index is 0. The van der Waals surface area contributed by atoms with E-state index in [2.05, 4.69) is 250 Å². The summed E-state index contributed by atoms with van der Waals surface area (Å²) in [4.78, 5) is 7.21. The number of benzene rings is 9. The Labute approximate surface area is 481 Å². The van der Waals surface area contributed by atoms with E-state index in [1.165, 1.54) is 5.56 Å². The first-order valence-electron chi connectivity index (χ1n) is 28.1. The van der Waals surface area contributed by atoms with Gasteiger partial charge in [0.05, 0.1) is 0 Å². The van der Waals surface area contributed by atoms with E-state index in [-0.39, 0.29) is 31.9 Å². The molecule has 3 aromatic heterocycles. The van der Waals surface area contributed by atoms with Crippen molar-refractivity contribution in [2.45, 2.75) is 79.5 Å². The van der Waals surface area contributed by atoms with Crippen LogP contribution in [0.4, 0.5) is 11.4 Å². The molecule has 0 saturated carbocycles. The van der Waals surface area contributed by atoms with Crippen molar-refractivity contribution in [1.82, 2.24) is 14.1 Å². The van der Waals surface area contributed by atoms with Gasteiger partial charge in [-0.1, -0.05) is 213 Å². The molecule has 9 aromatic carbocycles. The summed E-state index contributed by atoms with van der Waals surface area (Å²) in [5.74, 6) is 1.92. The fourth-order valence-electron chi connectivity index (χ4n) is 11.6. The molecule has 0 saturated heterocycles. The normalized spacial score (nSPS) is 13.2. The monoisotopic (exact) mass is 1210 g/mol. The first-order valence-corrected chi connectivity index (χ1v) is 27.1. The van der Waals surface area contributed by atoms with Crippen LogP contribution in [0.1, 0.15) is 81.7 Å². The van der Waals surface area contributed by atoms with Gasteiger partial charge in [0.25, 0.3) is 0 Å². The summed E-state index contributed by atoms with van der Waals surface area (Å²) < 4.78 is 30.7. The van der Waals surface area contributed by atoms with Gasteiger partial charge in [-0.15, -0.1) is 35.7 Å². The minimum atomic E-state index is -1.62. The Hall–Kier alpha value is -8.11. The maximum Gasteiger partial charge on any atom is 0.135 e. The molecule has 5 nitrogen and oxygen atoms in total. The molecule has 79 heavy (non-hydrogen) atoms. The van der Waals surface area contributed by atoms with Crippen molar-refractivity contribution in [3.05, 3.63) is 236 Å². The van der Waals surface area contributed by atoms with E-state index in [4.69, 9.17) is 9.72 Å². The van der Waals surface area contributed by atoms with Crippen molar-refractivity contribution in [2.24, 2.45) is 5.41 Å². The maximum atomic E-state index is 9.61. The molecule has 1 aliphatic heterocycles. The molecule has 6 heteroatoms. The minimum Gasteiger partial charge on any atom is -0.509 e. The first kappa shape index (κ1) is 49.2. The molecular weight excluding hydrogens is 1140 g/mol. The zero-order chi connectivity index (χ0) is 55.5. The Morgan fingerprint density at radius 1 is 0.519 bits per heavy atom. The van der Waals surface area contributed by atoms with Crippen molar-refractivity contribution in [3.8, 4) is 39.6 Å². The molecule has 0 spiro atoms. The Balaban J connectivity index is 0.00000651. The molecule has 0 aliphatic carbocycles.